The molecule has 1 heterocycles. The third-order valence-corrected chi connectivity index (χ3v) is 3.82. The van der Waals surface area contributed by atoms with E-state index in [-0.39, 0.29) is 7.53 Å². The highest BCUT2D eigenvalue weighted by atomic mass is 31.1. The van der Waals surface area contributed by atoms with Crippen molar-refractivity contribution in [3.63, 3.8) is 0 Å². The van der Waals surface area contributed by atoms with Gasteiger partial charge in [-0.05, 0) is 24.2 Å². The van der Waals surface area contributed by atoms with Gasteiger partial charge >= 0.3 is 0 Å². The number of rotatable bonds is 3. The molecule has 0 nitrogen and oxygen atoms in total. The van der Waals surface area contributed by atoms with Gasteiger partial charge in [0.1, 0.15) is 0 Å². The molecule has 0 amide bonds. The predicted octanol–water partition coefficient (Wildman–Crippen LogP) is 4.60. The van der Waals surface area contributed by atoms with Crippen molar-refractivity contribution in [3.05, 3.63) is 48.0 Å². The Kier molecular flexibility index (Phi) is 5.36. The highest BCUT2D eigenvalue weighted by Crippen LogP contribution is 2.26. The molecule has 1 aromatic heterocycles. The Labute approximate surface area is 82.0 Å². The van der Waals surface area contributed by atoms with Crippen LogP contribution in [0.25, 0.3) is 0 Å². The van der Waals surface area contributed by atoms with Crippen LogP contribution in [0, 0.1) is 0 Å². The van der Waals surface area contributed by atoms with Crippen molar-refractivity contribution in [2.75, 3.05) is 0 Å². The first-order valence-electron chi connectivity index (χ1n) is 4.87. The van der Waals surface area contributed by atoms with Gasteiger partial charge in [0.2, 0.25) is 0 Å². The fourth-order valence-corrected chi connectivity index (χ4v) is 2.84. The summed E-state index contributed by atoms with van der Waals surface area (Å²) in [6, 6.07) is 12.7. The van der Waals surface area contributed by atoms with Gasteiger partial charge in [0.15, 0.2) is 0 Å². The lowest BCUT2D eigenvalue weighted by molar-refractivity contribution is 0.855. The summed E-state index contributed by atoms with van der Waals surface area (Å²) >= 11 is 0. The van der Waals surface area contributed by atoms with Crippen LogP contribution in [0.15, 0.2) is 48.0 Å². The van der Waals surface area contributed by atoms with Crippen LogP contribution in [0.1, 0.15) is 19.8 Å². The lowest BCUT2D eigenvalue weighted by Crippen LogP contribution is -1.67. The van der Waals surface area contributed by atoms with E-state index in [1.807, 2.05) is 0 Å². The van der Waals surface area contributed by atoms with Crippen LogP contribution < -0.4 is 0 Å². The summed E-state index contributed by atoms with van der Waals surface area (Å²) < 4.78 is 0. The van der Waals surface area contributed by atoms with Gasteiger partial charge in [-0.15, -0.1) is 7.53 Å². The number of unbranched alkanes of at least 4 members (excludes halogenated alkanes) is 1. The van der Waals surface area contributed by atoms with Gasteiger partial charge in [-0.25, -0.2) is 0 Å². The van der Waals surface area contributed by atoms with Crippen LogP contribution >= 0.6 is 7.53 Å². The van der Waals surface area contributed by atoms with Crippen LogP contribution in [-0.2, 0) is 6.16 Å². The first kappa shape index (κ1) is 10.3. The van der Waals surface area contributed by atoms with E-state index in [0.29, 0.717) is 0 Å². The van der Waals surface area contributed by atoms with Crippen LogP contribution in [0.2, 0.25) is 0 Å². The molecule has 0 N–H and O–H groups in total. The molecule has 0 aromatic carbocycles. The van der Waals surface area contributed by atoms with Crippen LogP contribution in [-0.4, -0.2) is 0 Å². The molecule has 1 aromatic rings. The Morgan fingerprint density at radius 3 is 1.92 bits per heavy atom. The number of aryl methyl sites for hydroxylation is 1. The number of hydrogen-bond donors (Lipinski definition) is 0. The summed E-state index contributed by atoms with van der Waals surface area (Å²) in [6.07, 6.45) is 3.97. The smallest absolute Gasteiger partial charge is 0.0141 e. The summed E-state index contributed by atoms with van der Waals surface area (Å²) in [5.41, 5.74) is 0. The predicted molar refractivity (Wildman–Crippen MR) is 61.7 cm³/mol. The van der Waals surface area contributed by atoms with E-state index in [0.717, 1.165) is 0 Å². The quantitative estimate of drug-likeness (QED) is 0.656. The minimum absolute atomic E-state index is 0.00193. The Morgan fingerprint density at radius 1 is 0.846 bits per heavy atom. The second kappa shape index (κ2) is 6.74. The molecular formula is C12H17P. The lowest BCUT2D eigenvalue weighted by Gasteiger charge is -1.95. The largest absolute Gasteiger partial charge is 0.125 e. The van der Waals surface area contributed by atoms with E-state index in [9.17, 15) is 0 Å². The molecule has 0 aliphatic rings. The molecule has 1 heteroatoms. The highest BCUT2D eigenvalue weighted by molar-refractivity contribution is 7.47. The SMILES string of the molecule is CCCCp1cccccccc1. The Hall–Kier alpha value is -0.740. The van der Waals surface area contributed by atoms with E-state index >= 15 is 0 Å². The average molecular weight is 192 g/mol. The third-order valence-electron chi connectivity index (χ3n) is 1.88. The minimum atomic E-state index is -0.00193. The summed E-state index contributed by atoms with van der Waals surface area (Å²) in [5.74, 6) is 4.68. The van der Waals surface area contributed by atoms with E-state index in [1.54, 1.807) is 0 Å². The lowest BCUT2D eigenvalue weighted by atomic mass is 10.4. The topological polar surface area (TPSA) is 0 Å². The second-order valence-corrected chi connectivity index (χ2v) is 5.12. The molecule has 0 atom stereocenters. The van der Waals surface area contributed by atoms with Crippen LogP contribution in [0.5, 0.6) is 0 Å². The van der Waals surface area contributed by atoms with Crippen molar-refractivity contribution < 1.29 is 0 Å². The van der Waals surface area contributed by atoms with Gasteiger partial charge in [-0.3, -0.25) is 0 Å². The van der Waals surface area contributed by atoms with Gasteiger partial charge in [0.05, 0.1) is 0 Å². The first-order chi connectivity index (χ1) is 6.43. The zero-order chi connectivity index (χ0) is 9.36. The van der Waals surface area contributed by atoms with Crippen LogP contribution in [0.4, 0.5) is 0 Å². The second-order valence-electron chi connectivity index (χ2n) is 3.04. The molecule has 0 saturated heterocycles. The molecule has 0 fully saturated rings. The number of hydrogen-bond acceptors (Lipinski definition) is 0. The summed E-state index contributed by atoms with van der Waals surface area (Å²) in [6.45, 7) is 2.25. The van der Waals surface area contributed by atoms with E-state index < -0.39 is 0 Å². The van der Waals surface area contributed by atoms with E-state index in [2.05, 4.69) is 54.9 Å². The van der Waals surface area contributed by atoms with Crippen molar-refractivity contribution in [3.8, 4) is 0 Å². The maximum atomic E-state index is 2.34. The Balaban J connectivity index is 2.78. The first-order valence-corrected chi connectivity index (χ1v) is 6.54. The molecule has 0 saturated carbocycles. The van der Waals surface area contributed by atoms with Gasteiger partial charge < -0.3 is 0 Å². The average Bonchev–Trinajstić information content (AvgIpc) is 2.28. The zero-order valence-corrected chi connectivity index (χ0v) is 9.08. The summed E-state index contributed by atoms with van der Waals surface area (Å²) in [4.78, 5) is 0. The molecule has 0 aliphatic carbocycles. The third kappa shape index (κ3) is 4.75. The normalized spacial score (nSPS) is 9.31. The molecule has 0 unspecified atom stereocenters. The molecule has 0 aliphatic heterocycles. The standard InChI is InChI=1S/C12H17P/c1-2-3-10-13-11-8-6-4-5-7-9-12-13/h4-9,11-12H,2-3,10H2,1H3. The maximum Gasteiger partial charge on any atom is -0.0141 e. The maximum absolute atomic E-state index is 2.34. The highest BCUT2D eigenvalue weighted by Gasteiger charge is 1.85. The Morgan fingerprint density at radius 2 is 1.38 bits per heavy atom. The van der Waals surface area contributed by atoms with Crippen molar-refractivity contribution in [1.82, 2.24) is 0 Å². The van der Waals surface area contributed by atoms with Gasteiger partial charge in [0.25, 0.3) is 0 Å². The fraction of sp³-hybridized carbons (Fsp3) is 0.333. The van der Waals surface area contributed by atoms with Gasteiger partial charge in [-0.2, -0.15) is 0 Å². The molecule has 0 bridgehead atoms. The molecule has 0 spiro atoms. The van der Waals surface area contributed by atoms with Crippen molar-refractivity contribution in [2.45, 2.75) is 25.9 Å². The van der Waals surface area contributed by atoms with Crippen molar-refractivity contribution >= 4 is 7.53 Å². The van der Waals surface area contributed by atoms with Gasteiger partial charge in [-0.1, -0.05) is 49.7 Å². The van der Waals surface area contributed by atoms with Crippen LogP contribution in [0.3, 0.4) is 0 Å². The molecule has 70 valence electrons. The molecule has 1 rings (SSSR count). The van der Waals surface area contributed by atoms with E-state index in [4.69, 9.17) is 0 Å². The van der Waals surface area contributed by atoms with E-state index in [1.165, 1.54) is 19.0 Å². The molecule has 13 heavy (non-hydrogen) atoms. The molecule has 0 radical (unpaired) electrons. The zero-order valence-electron chi connectivity index (χ0n) is 8.19. The Bertz CT molecular complexity index is 250. The molecular weight excluding hydrogens is 175 g/mol. The monoisotopic (exact) mass is 192 g/mol. The van der Waals surface area contributed by atoms with Crippen molar-refractivity contribution in [1.29, 1.82) is 0 Å². The summed E-state index contributed by atoms with van der Waals surface area (Å²) in [5, 5.41) is 0. The van der Waals surface area contributed by atoms with Crippen molar-refractivity contribution in [2.24, 2.45) is 0 Å². The minimum Gasteiger partial charge on any atom is -0.125 e. The van der Waals surface area contributed by atoms with Gasteiger partial charge in [0, 0.05) is 0 Å². The fourth-order valence-electron chi connectivity index (χ4n) is 1.12. The summed E-state index contributed by atoms with van der Waals surface area (Å²) in [7, 11) is -0.00193.